The van der Waals surface area contributed by atoms with Gasteiger partial charge in [-0.2, -0.15) is 0 Å². The van der Waals surface area contributed by atoms with E-state index in [1.165, 1.54) is 12.1 Å². The number of likely N-dealkylation sites (tertiary alicyclic amines) is 1. The zero-order valence-electron chi connectivity index (χ0n) is 14.7. The largest absolute Gasteiger partial charge is 0.441 e. The Kier molecular flexibility index (Phi) is 4.50. The molecule has 3 heterocycles. The first-order chi connectivity index (χ1) is 12.5. The number of carbonyl (C=O) groups excluding carboxylic acids is 1. The highest BCUT2D eigenvalue weighted by molar-refractivity contribution is 5.78. The molecule has 2 aliphatic rings. The highest BCUT2D eigenvalue weighted by atomic mass is 19.1. The third kappa shape index (κ3) is 3.37. The molecule has 138 valence electrons. The van der Waals surface area contributed by atoms with Crippen LogP contribution < -0.4 is 0 Å². The van der Waals surface area contributed by atoms with E-state index in [4.69, 9.17) is 13.9 Å². The third-order valence-corrected chi connectivity index (χ3v) is 4.99. The number of hydrogen-bond acceptors (Lipinski definition) is 5. The Morgan fingerprint density at radius 2 is 1.85 bits per heavy atom. The number of aromatic nitrogens is 1. The summed E-state index contributed by atoms with van der Waals surface area (Å²) in [6.07, 6.45) is 1.57. The standard InChI is InChI=1S/C19H21FN2O4/c1-13-16(21-18(26-13)14-2-4-15(20)5-3-14)12-17(23)22-8-6-19(7-9-22)24-10-11-25-19/h2-5H,6-12H2,1H3. The average molecular weight is 360 g/mol. The van der Waals surface area contributed by atoms with Crippen LogP contribution in [-0.2, 0) is 20.7 Å². The predicted molar refractivity (Wildman–Crippen MR) is 90.8 cm³/mol. The van der Waals surface area contributed by atoms with Gasteiger partial charge < -0.3 is 18.8 Å². The molecule has 0 radical (unpaired) electrons. The van der Waals surface area contributed by atoms with Gasteiger partial charge in [0.25, 0.3) is 0 Å². The van der Waals surface area contributed by atoms with E-state index in [0.717, 1.165) is 0 Å². The Labute approximate surface area is 150 Å². The van der Waals surface area contributed by atoms with Crippen LogP contribution in [0.3, 0.4) is 0 Å². The fourth-order valence-corrected chi connectivity index (χ4v) is 3.45. The summed E-state index contributed by atoms with van der Waals surface area (Å²) in [5, 5.41) is 0. The van der Waals surface area contributed by atoms with Crippen molar-refractivity contribution in [3.63, 3.8) is 0 Å². The van der Waals surface area contributed by atoms with Crippen LogP contribution in [0.25, 0.3) is 11.5 Å². The number of halogens is 1. The molecule has 1 amide bonds. The Morgan fingerprint density at radius 1 is 1.19 bits per heavy atom. The second kappa shape index (κ2) is 6.81. The molecule has 1 aromatic heterocycles. The molecule has 2 aliphatic heterocycles. The minimum absolute atomic E-state index is 0.0138. The second-order valence-electron chi connectivity index (χ2n) is 6.69. The number of carbonyl (C=O) groups is 1. The van der Waals surface area contributed by atoms with Crippen molar-refractivity contribution in [3.05, 3.63) is 41.5 Å². The summed E-state index contributed by atoms with van der Waals surface area (Å²) in [6, 6.07) is 5.93. The van der Waals surface area contributed by atoms with Crippen LogP contribution in [0.1, 0.15) is 24.3 Å². The molecule has 6 nitrogen and oxygen atoms in total. The number of rotatable bonds is 3. The van der Waals surface area contributed by atoms with Crippen molar-refractivity contribution >= 4 is 5.91 Å². The second-order valence-corrected chi connectivity index (χ2v) is 6.69. The van der Waals surface area contributed by atoms with E-state index >= 15 is 0 Å². The summed E-state index contributed by atoms with van der Waals surface area (Å²) in [5.74, 6) is 0.214. The lowest BCUT2D eigenvalue weighted by Gasteiger charge is -2.37. The van der Waals surface area contributed by atoms with Crippen LogP contribution in [0.4, 0.5) is 4.39 Å². The first kappa shape index (κ1) is 17.2. The summed E-state index contributed by atoms with van der Waals surface area (Å²) >= 11 is 0. The van der Waals surface area contributed by atoms with Crippen LogP contribution >= 0.6 is 0 Å². The SMILES string of the molecule is Cc1oc(-c2ccc(F)cc2)nc1CC(=O)N1CCC2(CC1)OCCO2. The Bertz CT molecular complexity index is 786. The van der Waals surface area contributed by atoms with Gasteiger partial charge in [0.1, 0.15) is 11.6 Å². The number of benzene rings is 1. The van der Waals surface area contributed by atoms with Crippen molar-refractivity contribution in [2.24, 2.45) is 0 Å². The molecule has 0 bridgehead atoms. The van der Waals surface area contributed by atoms with E-state index in [1.807, 2.05) is 4.90 Å². The maximum absolute atomic E-state index is 13.1. The molecule has 4 rings (SSSR count). The molecule has 7 heteroatoms. The molecule has 0 atom stereocenters. The van der Waals surface area contributed by atoms with Crippen molar-refractivity contribution < 1.29 is 23.1 Å². The van der Waals surface area contributed by atoms with Crippen molar-refractivity contribution in [2.45, 2.75) is 32.0 Å². The molecule has 0 N–H and O–H groups in total. The van der Waals surface area contributed by atoms with Crippen LogP contribution in [0, 0.1) is 12.7 Å². The molecule has 26 heavy (non-hydrogen) atoms. The molecule has 0 aliphatic carbocycles. The maximum Gasteiger partial charge on any atom is 0.228 e. The molecule has 0 unspecified atom stereocenters. The summed E-state index contributed by atoms with van der Waals surface area (Å²) in [7, 11) is 0. The lowest BCUT2D eigenvalue weighted by atomic mass is 10.0. The fourth-order valence-electron chi connectivity index (χ4n) is 3.45. The van der Waals surface area contributed by atoms with Crippen molar-refractivity contribution in [2.75, 3.05) is 26.3 Å². The van der Waals surface area contributed by atoms with Gasteiger partial charge in [-0.25, -0.2) is 9.37 Å². The number of piperidine rings is 1. The van der Waals surface area contributed by atoms with E-state index in [1.54, 1.807) is 19.1 Å². The van der Waals surface area contributed by atoms with Crippen LogP contribution in [-0.4, -0.2) is 47.9 Å². The molecule has 2 aromatic rings. The lowest BCUT2D eigenvalue weighted by molar-refractivity contribution is -0.187. The normalized spacial score (nSPS) is 19.2. The number of ether oxygens (including phenoxy) is 2. The predicted octanol–water partition coefficient (Wildman–Crippen LogP) is 2.70. The summed E-state index contributed by atoms with van der Waals surface area (Å²) in [5.41, 5.74) is 1.30. The number of hydrogen-bond donors (Lipinski definition) is 0. The maximum atomic E-state index is 13.1. The van der Waals surface area contributed by atoms with Crippen molar-refractivity contribution in [3.8, 4) is 11.5 Å². The smallest absolute Gasteiger partial charge is 0.228 e. The van der Waals surface area contributed by atoms with Gasteiger partial charge in [0, 0.05) is 31.5 Å². The topological polar surface area (TPSA) is 64.8 Å². The summed E-state index contributed by atoms with van der Waals surface area (Å²) < 4.78 is 30.1. The van der Waals surface area contributed by atoms with Gasteiger partial charge in [-0.3, -0.25) is 4.79 Å². The van der Waals surface area contributed by atoms with Gasteiger partial charge in [-0.05, 0) is 31.2 Å². The van der Waals surface area contributed by atoms with Gasteiger partial charge in [0.2, 0.25) is 11.8 Å². The number of aryl methyl sites for hydroxylation is 1. The lowest BCUT2D eigenvalue weighted by Crippen LogP contribution is -2.47. The summed E-state index contributed by atoms with van der Waals surface area (Å²) in [6.45, 7) is 4.26. The Hall–Kier alpha value is -2.25. The monoisotopic (exact) mass is 360 g/mol. The van der Waals surface area contributed by atoms with E-state index in [9.17, 15) is 9.18 Å². The van der Waals surface area contributed by atoms with Crippen molar-refractivity contribution in [1.29, 1.82) is 0 Å². The third-order valence-electron chi connectivity index (χ3n) is 4.99. The molecular formula is C19H21FN2O4. The first-order valence-corrected chi connectivity index (χ1v) is 8.83. The Balaban J connectivity index is 1.41. The van der Waals surface area contributed by atoms with E-state index in [0.29, 0.717) is 62.1 Å². The van der Waals surface area contributed by atoms with E-state index < -0.39 is 5.79 Å². The number of oxazole rings is 1. The Morgan fingerprint density at radius 3 is 2.50 bits per heavy atom. The van der Waals surface area contributed by atoms with Crippen molar-refractivity contribution in [1.82, 2.24) is 9.88 Å². The highest BCUT2D eigenvalue weighted by Crippen LogP contribution is 2.31. The molecule has 1 spiro atoms. The van der Waals surface area contributed by atoms with Gasteiger partial charge in [0.15, 0.2) is 5.79 Å². The fraction of sp³-hybridized carbons (Fsp3) is 0.474. The first-order valence-electron chi connectivity index (χ1n) is 8.83. The average Bonchev–Trinajstić information content (AvgIpc) is 3.24. The van der Waals surface area contributed by atoms with Crippen LogP contribution in [0.15, 0.2) is 28.7 Å². The molecule has 1 aromatic carbocycles. The zero-order chi connectivity index (χ0) is 18.1. The molecular weight excluding hydrogens is 339 g/mol. The number of nitrogens with zero attached hydrogens (tertiary/aromatic N) is 2. The minimum Gasteiger partial charge on any atom is -0.441 e. The van der Waals surface area contributed by atoms with Crippen LogP contribution in [0.5, 0.6) is 0 Å². The van der Waals surface area contributed by atoms with E-state index in [-0.39, 0.29) is 18.1 Å². The zero-order valence-corrected chi connectivity index (χ0v) is 14.7. The van der Waals surface area contributed by atoms with Crippen LogP contribution in [0.2, 0.25) is 0 Å². The van der Waals surface area contributed by atoms with Gasteiger partial charge in [-0.1, -0.05) is 0 Å². The highest BCUT2D eigenvalue weighted by Gasteiger charge is 2.40. The van der Waals surface area contributed by atoms with Gasteiger partial charge in [0.05, 0.1) is 25.3 Å². The number of amides is 1. The molecule has 2 saturated heterocycles. The summed E-state index contributed by atoms with van der Waals surface area (Å²) in [4.78, 5) is 18.9. The van der Waals surface area contributed by atoms with E-state index in [2.05, 4.69) is 4.98 Å². The molecule has 2 fully saturated rings. The van der Waals surface area contributed by atoms with Gasteiger partial charge >= 0.3 is 0 Å². The minimum atomic E-state index is -0.490. The molecule has 0 saturated carbocycles. The van der Waals surface area contributed by atoms with Gasteiger partial charge in [-0.15, -0.1) is 0 Å². The quantitative estimate of drug-likeness (QED) is 0.842.